The Morgan fingerprint density at radius 3 is 2.63 bits per heavy atom. The Bertz CT molecular complexity index is 876. The van der Waals surface area contributed by atoms with Gasteiger partial charge in [0.15, 0.2) is 0 Å². The highest BCUT2D eigenvalue weighted by Gasteiger charge is 2.24. The fourth-order valence-electron chi connectivity index (χ4n) is 4.97. The zero-order valence-electron chi connectivity index (χ0n) is 18.5. The Morgan fingerprint density at radius 1 is 1.20 bits per heavy atom. The molecular weight excluding hydrogens is 376 g/mol. The van der Waals surface area contributed by atoms with Crippen molar-refractivity contribution in [1.29, 1.82) is 0 Å². The first-order valence-corrected chi connectivity index (χ1v) is 11.3. The molecule has 2 aliphatic rings. The number of amides is 1. The molecule has 2 aliphatic heterocycles. The van der Waals surface area contributed by atoms with Crippen LogP contribution in [0.5, 0.6) is 5.75 Å². The van der Waals surface area contributed by atoms with Crippen molar-refractivity contribution in [2.45, 2.75) is 58.4 Å². The molecule has 2 aromatic rings. The molecule has 0 saturated carbocycles. The number of imidazole rings is 1. The first-order chi connectivity index (χ1) is 14.5. The number of rotatable bonds is 6. The summed E-state index contributed by atoms with van der Waals surface area (Å²) < 4.78 is 7.68. The van der Waals surface area contributed by atoms with Gasteiger partial charge in [0.1, 0.15) is 17.3 Å². The molecule has 1 aromatic heterocycles. The second kappa shape index (κ2) is 9.21. The van der Waals surface area contributed by atoms with Crippen LogP contribution in [-0.2, 0) is 13.0 Å². The number of aromatic nitrogens is 2. The monoisotopic (exact) mass is 410 g/mol. The van der Waals surface area contributed by atoms with Gasteiger partial charge in [-0.2, -0.15) is 0 Å². The average molecular weight is 411 g/mol. The number of hydrogen-bond donors (Lipinski definition) is 1. The minimum absolute atomic E-state index is 0.0541. The lowest BCUT2D eigenvalue weighted by molar-refractivity contribution is 0.0942. The molecule has 30 heavy (non-hydrogen) atoms. The first kappa shape index (κ1) is 20.9. The van der Waals surface area contributed by atoms with Gasteiger partial charge >= 0.3 is 0 Å². The van der Waals surface area contributed by atoms with E-state index in [1.54, 1.807) is 7.11 Å². The van der Waals surface area contributed by atoms with Gasteiger partial charge in [0.25, 0.3) is 5.91 Å². The number of piperidine rings is 1. The van der Waals surface area contributed by atoms with Gasteiger partial charge in [0.05, 0.1) is 7.11 Å². The van der Waals surface area contributed by atoms with Crippen LogP contribution in [0.3, 0.4) is 0 Å². The largest absolute Gasteiger partial charge is 0.496 e. The van der Waals surface area contributed by atoms with Gasteiger partial charge < -0.3 is 19.5 Å². The molecule has 0 bridgehead atoms. The van der Waals surface area contributed by atoms with Crippen molar-refractivity contribution >= 4 is 5.91 Å². The molecule has 0 aliphatic carbocycles. The van der Waals surface area contributed by atoms with E-state index in [-0.39, 0.29) is 5.91 Å². The number of ether oxygens (including phenoxy) is 1. The highest BCUT2D eigenvalue weighted by Crippen LogP contribution is 2.33. The van der Waals surface area contributed by atoms with Crippen molar-refractivity contribution in [2.75, 3.05) is 33.3 Å². The van der Waals surface area contributed by atoms with E-state index in [2.05, 4.69) is 45.7 Å². The third-order valence-electron chi connectivity index (χ3n) is 6.55. The quantitative estimate of drug-likeness (QED) is 0.792. The summed E-state index contributed by atoms with van der Waals surface area (Å²) in [5.41, 5.74) is 4.25. The van der Waals surface area contributed by atoms with Gasteiger partial charge in [0.2, 0.25) is 0 Å². The molecular formula is C24H34N4O2. The lowest BCUT2D eigenvalue weighted by Gasteiger charge is -2.26. The summed E-state index contributed by atoms with van der Waals surface area (Å²) in [5.74, 6) is 2.38. The van der Waals surface area contributed by atoms with Gasteiger partial charge in [-0.05, 0) is 62.9 Å². The summed E-state index contributed by atoms with van der Waals surface area (Å²) in [6.45, 7) is 9.00. The molecule has 162 valence electrons. The maximum atomic E-state index is 12.6. The number of aryl methyl sites for hydroxylation is 3. The van der Waals surface area contributed by atoms with Crippen LogP contribution in [0.15, 0.2) is 18.3 Å². The lowest BCUT2D eigenvalue weighted by atomic mass is 9.89. The second-order valence-corrected chi connectivity index (χ2v) is 8.78. The number of carbonyl (C=O) groups is 1. The molecule has 6 nitrogen and oxygen atoms in total. The number of hydrogen-bond acceptors (Lipinski definition) is 4. The number of methoxy groups -OCH3 is 1. The van der Waals surface area contributed by atoms with E-state index < -0.39 is 0 Å². The summed E-state index contributed by atoms with van der Waals surface area (Å²) in [6.07, 6.45) is 7.76. The summed E-state index contributed by atoms with van der Waals surface area (Å²) in [6, 6.07) is 4.49. The predicted molar refractivity (Wildman–Crippen MR) is 118 cm³/mol. The molecule has 1 N–H and O–H groups in total. The van der Waals surface area contributed by atoms with Crippen LogP contribution in [0.25, 0.3) is 0 Å². The van der Waals surface area contributed by atoms with Gasteiger partial charge in [-0.25, -0.2) is 4.98 Å². The van der Waals surface area contributed by atoms with Crippen molar-refractivity contribution in [3.8, 4) is 5.75 Å². The average Bonchev–Trinajstić information content (AvgIpc) is 3.18. The fourth-order valence-corrected chi connectivity index (χ4v) is 4.97. The molecule has 1 unspecified atom stereocenters. The molecule has 1 atom stereocenters. The SMILES string of the molecule is COc1c(C)cc(C2CCc3nc(C(=O)NCCN4CCCCC4)cn3C2)cc1C. The highest BCUT2D eigenvalue weighted by molar-refractivity contribution is 5.92. The molecule has 1 saturated heterocycles. The van der Waals surface area contributed by atoms with E-state index in [0.717, 1.165) is 50.6 Å². The van der Waals surface area contributed by atoms with Crippen LogP contribution < -0.4 is 10.1 Å². The van der Waals surface area contributed by atoms with Crippen LogP contribution in [-0.4, -0.2) is 53.6 Å². The summed E-state index contributed by atoms with van der Waals surface area (Å²) in [5, 5.41) is 3.06. The van der Waals surface area contributed by atoms with Crippen molar-refractivity contribution in [2.24, 2.45) is 0 Å². The van der Waals surface area contributed by atoms with Crippen molar-refractivity contribution < 1.29 is 9.53 Å². The smallest absolute Gasteiger partial charge is 0.271 e. The van der Waals surface area contributed by atoms with Crippen LogP contribution >= 0.6 is 0 Å². The summed E-state index contributed by atoms with van der Waals surface area (Å²) >= 11 is 0. The number of benzene rings is 1. The predicted octanol–water partition coefficient (Wildman–Crippen LogP) is 3.45. The molecule has 1 aromatic carbocycles. The lowest BCUT2D eigenvalue weighted by Crippen LogP contribution is -2.37. The Balaban J connectivity index is 1.37. The number of likely N-dealkylation sites (tertiary alicyclic amines) is 1. The zero-order valence-corrected chi connectivity index (χ0v) is 18.5. The van der Waals surface area contributed by atoms with Crippen LogP contribution in [0.1, 0.15) is 64.6 Å². The molecule has 4 rings (SSSR count). The van der Waals surface area contributed by atoms with Crippen LogP contribution in [0.4, 0.5) is 0 Å². The summed E-state index contributed by atoms with van der Waals surface area (Å²) in [7, 11) is 1.73. The number of nitrogens with zero attached hydrogens (tertiary/aromatic N) is 3. The third kappa shape index (κ3) is 4.53. The molecule has 6 heteroatoms. The second-order valence-electron chi connectivity index (χ2n) is 8.78. The topological polar surface area (TPSA) is 59.4 Å². The van der Waals surface area contributed by atoms with E-state index in [9.17, 15) is 4.79 Å². The fraction of sp³-hybridized carbons (Fsp3) is 0.583. The standard InChI is InChI=1S/C24H34N4O2/c1-17-13-20(14-18(2)23(17)30-3)19-7-8-22-26-21(16-28(22)15-19)24(29)25-9-12-27-10-5-4-6-11-27/h13-14,16,19H,4-12,15H2,1-3H3,(H,25,29). The molecule has 1 amide bonds. The van der Waals surface area contributed by atoms with E-state index in [4.69, 9.17) is 4.74 Å². The third-order valence-corrected chi connectivity index (χ3v) is 6.55. The number of nitrogens with one attached hydrogen (secondary N) is 1. The first-order valence-electron chi connectivity index (χ1n) is 11.3. The van der Waals surface area contributed by atoms with E-state index in [1.165, 1.54) is 36.0 Å². The van der Waals surface area contributed by atoms with Gasteiger partial charge in [-0.3, -0.25) is 4.79 Å². The number of carbonyl (C=O) groups excluding carboxylic acids is 1. The van der Waals surface area contributed by atoms with Gasteiger partial charge in [-0.15, -0.1) is 0 Å². The zero-order chi connectivity index (χ0) is 21.1. The summed E-state index contributed by atoms with van der Waals surface area (Å²) in [4.78, 5) is 19.7. The minimum atomic E-state index is -0.0541. The Morgan fingerprint density at radius 2 is 1.93 bits per heavy atom. The van der Waals surface area contributed by atoms with Crippen LogP contribution in [0.2, 0.25) is 0 Å². The Hall–Kier alpha value is -2.34. The molecule has 1 fully saturated rings. The van der Waals surface area contributed by atoms with Crippen molar-refractivity contribution in [3.63, 3.8) is 0 Å². The number of fused-ring (bicyclic) bond motifs is 1. The van der Waals surface area contributed by atoms with E-state index >= 15 is 0 Å². The van der Waals surface area contributed by atoms with Gasteiger partial charge in [0, 0.05) is 38.2 Å². The molecule has 0 radical (unpaired) electrons. The molecule has 0 spiro atoms. The maximum absolute atomic E-state index is 12.6. The normalized spacial score (nSPS) is 19.4. The van der Waals surface area contributed by atoms with Gasteiger partial charge in [-0.1, -0.05) is 18.6 Å². The van der Waals surface area contributed by atoms with E-state index in [1.807, 2.05) is 6.20 Å². The Kier molecular flexibility index (Phi) is 6.42. The van der Waals surface area contributed by atoms with Crippen molar-refractivity contribution in [3.05, 3.63) is 46.5 Å². The maximum Gasteiger partial charge on any atom is 0.271 e. The molecule has 3 heterocycles. The highest BCUT2D eigenvalue weighted by atomic mass is 16.5. The van der Waals surface area contributed by atoms with Crippen LogP contribution in [0, 0.1) is 13.8 Å². The van der Waals surface area contributed by atoms with Crippen molar-refractivity contribution in [1.82, 2.24) is 19.8 Å². The van der Waals surface area contributed by atoms with E-state index in [0.29, 0.717) is 18.2 Å². The Labute approximate surface area is 179 Å². The minimum Gasteiger partial charge on any atom is -0.496 e.